The van der Waals surface area contributed by atoms with E-state index in [9.17, 15) is 0 Å². The summed E-state index contributed by atoms with van der Waals surface area (Å²) in [6, 6.07) is 6.00. The van der Waals surface area contributed by atoms with Gasteiger partial charge in [0.1, 0.15) is 0 Å². The van der Waals surface area contributed by atoms with Crippen molar-refractivity contribution in [2.75, 3.05) is 0 Å². The van der Waals surface area contributed by atoms with Gasteiger partial charge in [0.05, 0.1) is 5.56 Å². The highest BCUT2D eigenvalue weighted by atomic mass is 79.9. The Morgan fingerprint density at radius 3 is 2.88 bits per heavy atom. The topological polar surface area (TPSA) is 38.9 Å². The van der Waals surface area contributed by atoms with E-state index in [1.807, 2.05) is 25.1 Å². The van der Waals surface area contributed by atoms with Gasteiger partial charge in [-0.1, -0.05) is 19.1 Å². The highest BCUT2D eigenvalue weighted by Gasteiger charge is 2.11. The second-order valence-electron chi connectivity index (χ2n) is 3.69. The number of aromatic nitrogens is 2. The van der Waals surface area contributed by atoms with Crippen LogP contribution in [0.4, 0.5) is 0 Å². The maximum atomic E-state index is 5.59. The number of nitrogens with zero attached hydrogens (tertiary/aromatic N) is 2. The average molecular weight is 281 g/mol. The predicted molar refractivity (Wildman–Crippen MR) is 66.2 cm³/mol. The third kappa shape index (κ3) is 2.16. The molecule has 0 radical (unpaired) electrons. The van der Waals surface area contributed by atoms with E-state index in [1.54, 1.807) is 0 Å². The molecule has 0 fully saturated rings. The van der Waals surface area contributed by atoms with Crippen molar-refractivity contribution in [3.63, 3.8) is 0 Å². The highest BCUT2D eigenvalue weighted by Crippen LogP contribution is 2.29. The van der Waals surface area contributed by atoms with E-state index in [0.29, 0.717) is 11.8 Å². The average Bonchev–Trinajstić information content (AvgIpc) is 2.71. The number of benzene rings is 1. The first kappa shape index (κ1) is 11.3. The zero-order chi connectivity index (χ0) is 11.5. The van der Waals surface area contributed by atoms with Crippen molar-refractivity contribution in [2.24, 2.45) is 0 Å². The molecular weight excluding hydrogens is 268 g/mol. The fraction of sp³-hybridized carbons (Fsp3) is 0.333. The molecule has 16 heavy (non-hydrogen) atoms. The van der Waals surface area contributed by atoms with Crippen molar-refractivity contribution in [1.29, 1.82) is 0 Å². The maximum Gasteiger partial charge on any atom is 0.248 e. The lowest BCUT2D eigenvalue weighted by Crippen LogP contribution is -1.83. The Labute approximate surface area is 103 Å². The van der Waals surface area contributed by atoms with Gasteiger partial charge < -0.3 is 4.42 Å². The predicted octanol–water partition coefficient (Wildman–Crippen LogP) is 3.76. The molecule has 0 N–H and O–H groups in total. The minimum absolute atomic E-state index is 0.582. The summed E-state index contributed by atoms with van der Waals surface area (Å²) in [4.78, 5) is 0. The second-order valence-corrected chi connectivity index (χ2v) is 4.48. The van der Waals surface area contributed by atoms with Gasteiger partial charge in [0.2, 0.25) is 11.8 Å². The van der Waals surface area contributed by atoms with E-state index >= 15 is 0 Å². The van der Waals surface area contributed by atoms with E-state index in [1.165, 1.54) is 0 Å². The first-order chi connectivity index (χ1) is 7.72. The van der Waals surface area contributed by atoms with Crippen molar-refractivity contribution in [1.82, 2.24) is 10.2 Å². The largest absolute Gasteiger partial charge is 0.421 e. The third-order valence-corrected chi connectivity index (χ3v) is 3.41. The smallest absolute Gasteiger partial charge is 0.248 e. The second kappa shape index (κ2) is 4.78. The molecule has 4 heteroatoms. The Morgan fingerprint density at radius 1 is 1.31 bits per heavy atom. The van der Waals surface area contributed by atoms with E-state index in [2.05, 4.69) is 33.1 Å². The lowest BCUT2D eigenvalue weighted by Gasteiger charge is -2.01. The molecule has 0 unspecified atom stereocenters. The van der Waals surface area contributed by atoms with Crippen molar-refractivity contribution in [2.45, 2.75) is 26.7 Å². The van der Waals surface area contributed by atoms with E-state index in [4.69, 9.17) is 4.42 Å². The first-order valence-electron chi connectivity index (χ1n) is 5.30. The van der Waals surface area contributed by atoms with Crippen LogP contribution in [0.1, 0.15) is 24.8 Å². The van der Waals surface area contributed by atoms with E-state index in [-0.39, 0.29) is 0 Å². The molecule has 0 aliphatic carbocycles. The van der Waals surface area contributed by atoms with Crippen LogP contribution in [-0.4, -0.2) is 10.2 Å². The van der Waals surface area contributed by atoms with Crippen molar-refractivity contribution in [3.05, 3.63) is 34.1 Å². The molecule has 1 aromatic carbocycles. The summed E-state index contributed by atoms with van der Waals surface area (Å²) in [6.45, 7) is 4.13. The fourth-order valence-corrected chi connectivity index (χ4v) is 1.92. The van der Waals surface area contributed by atoms with Crippen molar-refractivity contribution in [3.8, 4) is 11.5 Å². The molecule has 0 aliphatic heterocycles. The van der Waals surface area contributed by atoms with Gasteiger partial charge in [-0.3, -0.25) is 0 Å². The maximum absolute atomic E-state index is 5.59. The van der Waals surface area contributed by atoms with Crippen LogP contribution in [0, 0.1) is 6.92 Å². The Balaban J connectivity index is 2.39. The van der Waals surface area contributed by atoms with Crippen LogP contribution in [0.2, 0.25) is 0 Å². The zero-order valence-electron chi connectivity index (χ0n) is 9.33. The summed E-state index contributed by atoms with van der Waals surface area (Å²) in [6.07, 6.45) is 1.84. The van der Waals surface area contributed by atoms with Gasteiger partial charge in [0, 0.05) is 10.9 Å². The van der Waals surface area contributed by atoms with Crippen LogP contribution in [0.5, 0.6) is 0 Å². The summed E-state index contributed by atoms with van der Waals surface area (Å²) in [7, 11) is 0. The lowest BCUT2D eigenvalue weighted by molar-refractivity contribution is 0.502. The number of hydrogen-bond acceptors (Lipinski definition) is 3. The molecule has 0 saturated carbocycles. The Hall–Kier alpha value is -1.16. The molecule has 1 aromatic heterocycles. The molecule has 0 saturated heterocycles. The van der Waals surface area contributed by atoms with Crippen LogP contribution < -0.4 is 0 Å². The molecule has 0 amide bonds. The van der Waals surface area contributed by atoms with Gasteiger partial charge in [-0.15, -0.1) is 10.2 Å². The molecule has 0 bridgehead atoms. The highest BCUT2D eigenvalue weighted by molar-refractivity contribution is 9.10. The SMILES string of the molecule is CCCc1nnc(-c2cccc(C)c2Br)o1. The van der Waals surface area contributed by atoms with Crippen LogP contribution in [-0.2, 0) is 6.42 Å². The van der Waals surface area contributed by atoms with Gasteiger partial charge in [0.15, 0.2) is 0 Å². The summed E-state index contributed by atoms with van der Waals surface area (Å²) in [5.41, 5.74) is 2.11. The molecule has 0 atom stereocenters. The monoisotopic (exact) mass is 280 g/mol. The molecule has 2 rings (SSSR count). The molecular formula is C12H13BrN2O. The Bertz CT molecular complexity index is 494. The summed E-state index contributed by atoms with van der Waals surface area (Å²) in [5, 5.41) is 8.08. The third-order valence-electron chi connectivity index (χ3n) is 2.35. The van der Waals surface area contributed by atoms with Crippen LogP contribution >= 0.6 is 15.9 Å². The molecule has 0 spiro atoms. The minimum atomic E-state index is 0.582. The molecule has 84 valence electrons. The molecule has 1 heterocycles. The van der Waals surface area contributed by atoms with E-state index < -0.39 is 0 Å². The van der Waals surface area contributed by atoms with Gasteiger partial charge in [0.25, 0.3) is 0 Å². The van der Waals surface area contributed by atoms with E-state index in [0.717, 1.165) is 28.4 Å². The fourth-order valence-electron chi connectivity index (χ4n) is 1.49. The first-order valence-corrected chi connectivity index (χ1v) is 6.09. The van der Waals surface area contributed by atoms with Crippen LogP contribution in [0.3, 0.4) is 0 Å². The number of rotatable bonds is 3. The number of hydrogen-bond donors (Lipinski definition) is 0. The van der Waals surface area contributed by atoms with Crippen molar-refractivity contribution < 1.29 is 4.42 Å². The van der Waals surface area contributed by atoms with Gasteiger partial charge in [-0.25, -0.2) is 0 Å². The lowest BCUT2D eigenvalue weighted by atomic mass is 10.1. The van der Waals surface area contributed by atoms with Crippen molar-refractivity contribution >= 4 is 15.9 Å². The Kier molecular flexibility index (Phi) is 3.39. The normalized spacial score (nSPS) is 10.7. The zero-order valence-corrected chi connectivity index (χ0v) is 10.9. The molecule has 0 aliphatic rings. The van der Waals surface area contributed by atoms with Crippen LogP contribution in [0.15, 0.2) is 27.1 Å². The molecule has 2 aromatic rings. The molecule has 3 nitrogen and oxygen atoms in total. The summed E-state index contributed by atoms with van der Waals surface area (Å²) in [5.74, 6) is 1.28. The quantitative estimate of drug-likeness (QED) is 0.859. The summed E-state index contributed by atoms with van der Waals surface area (Å²) >= 11 is 3.54. The summed E-state index contributed by atoms with van der Waals surface area (Å²) < 4.78 is 6.61. The van der Waals surface area contributed by atoms with Gasteiger partial charge >= 0.3 is 0 Å². The standard InChI is InChI=1S/C12H13BrN2O/c1-3-5-10-14-15-12(16-10)9-7-4-6-8(2)11(9)13/h4,6-7H,3,5H2,1-2H3. The van der Waals surface area contributed by atoms with Gasteiger partial charge in [-0.2, -0.15) is 0 Å². The number of halogens is 1. The minimum Gasteiger partial charge on any atom is -0.421 e. The van der Waals surface area contributed by atoms with Gasteiger partial charge in [-0.05, 0) is 40.9 Å². The number of aryl methyl sites for hydroxylation is 2. The van der Waals surface area contributed by atoms with Crippen LogP contribution in [0.25, 0.3) is 11.5 Å². The Morgan fingerprint density at radius 2 is 2.12 bits per heavy atom.